The van der Waals surface area contributed by atoms with Gasteiger partial charge >= 0.3 is 6.09 Å². The van der Waals surface area contributed by atoms with E-state index >= 15 is 0 Å². The van der Waals surface area contributed by atoms with Crippen LogP contribution in [0.3, 0.4) is 0 Å². The molecule has 3 nitrogen and oxygen atoms in total. The maximum Gasteiger partial charge on any atom is 0.412 e. The van der Waals surface area contributed by atoms with Gasteiger partial charge in [0.1, 0.15) is 5.60 Å². The van der Waals surface area contributed by atoms with Crippen molar-refractivity contribution in [3.05, 3.63) is 30.3 Å². The fraction of sp³-hybridized carbons (Fsp3) is 0.500. The van der Waals surface area contributed by atoms with Crippen LogP contribution in [0.1, 0.15) is 32.1 Å². The van der Waals surface area contributed by atoms with Gasteiger partial charge in [-0.15, -0.1) is 0 Å². The third-order valence-corrected chi connectivity index (χ3v) is 4.36. The number of hydrogen-bond acceptors (Lipinski definition) is 2. The minimum absolute atomic E-state index is 0.322. The molecule has 1 fully saturated rings. The third kappa shape index (κ3) is 3.48. The van der Waals surface area contributed by atoms with E-state index in [4.69, 9.17) is 4.74 Å². The van der Waals surface area contributed by atoms with Crippen molar-refractivity contribution in [2.45, 2.75) is 37.7 Å². The zero-order valence-corrected chi connectivity index (χ0v) is 11.9. The molecule has 0 aliphatic heterocycles. The zero-order valence-electron chi connectivity index (χ0n) is 10.3. The minimum Gasteiger partial charge on any atom is -0.442 e. The fourth-order valence-electron chi connectivity index (χ4n) is 2.32. The van der Waals surface area contributed by atoms with E-state index in [1.807, 2.05) is 30.3 Å². The molecule has 1 N–H and O–H groups in total. The number of halogens is 1. The van der Waals surface area contributed by atoms with Gasteiger partial charge < -0.3 is 4.74 Å². The number of ether oxygens (including phenoxy) is 1. The minimum atomic E-state index is -0.359. The number of benzene rings is 1. The number of carbonyl (C=O) groups excluding carboxylic acids is 1. The van der Waals surface area contributed by atoms with Crippen LogP contribution in [-0.4, -0.2) is 17.0 Å². The molecule has 98 valence electrons. The van der Waals surface area contributed by atoms with Crippen molar-refractivity contribution in [1.82, 2.24) is 0 Å². The quantitative estimate of drug-likeness (QED) is 0.844. The molecular formula is C14H18BrNO2. The van der Waals surface area contributed by atoms with Gasteiger partial charge in [0.05, 0.1) is 0 Å². The molecule has 0 heterocycles. The van der Waals surface area contributed by atoms with Crippen LogP contribution < -0.4 is 5.32 Å². The summed E-state index contributed by atoms with van der Waals surface area (Å²) < 4.78 is 5.64. The Labute approximate surface area is 116 Å². The van der Waals surface area contributed by atoms with Gasteiger partial charge in [-0.1, -0.05) is 40.5 Å². The third-order valence-electron chi connectivity index (χ3n) is 3.34. The summed E-state index contributed by atoms with van der Waals surface area (Å²) >= 11 is 3.48. The number of hydrogen-bond donors (Lipinski definition) is 1. The number of alkyl halides is 1. The summed E-state index contributed by atoms with van der Waals surface area (Å²) in [6.07, 6.45) is 5.02. The van der Waals surface area contributed by atoms with Gasteiger partial charge in [-0.2, -0.15) is 0 Å². The number of rotatable bonds is 3. The topological polar surface area (TPSA) is 38.3 Å². The Bertz CT molecular complexity index is 388. The molecule has 4 heteroatoms. The monoisotopic (exact) mass is 311 g/mol. The van der Waals surface area contributed by atoms with E-state index in [-0.39, 0.29) is 11.7 Å². The van der Waals surface area contributed by atoms with Gasteiger partial charge in [0.2, 0.25) is 0 Å². The summed E-state index contributed by atoms with van der Waals surface area (Å²) in [5.74, 6) is 0. The molecule has 18 heavy (non-hydrogen) atoms. The Hall–Kier alpha value is -1.03. The molecule has 1 amide bonds. The maximum atomic E-state index is 11.9. The molecule has 1 aromatic carbocycles. The second-order valence-corrected chi connectivity index (χ2v) is 5.32. The first-order valence-corrected chi connectivity index (χ1v) is 7.47. The standard InChI is InChI=1S/C14H18BrNO2/c15-11-14(9-5-2-6-10-14)18-13(17)16-12-7-3-1-4-8-12/h1,3-4,7-8H,2,5-6,9-11H2,(H,16,17). The van der Waals surface area contributed by atoms with Gasteiger partial charge in [-0.05, 0) is 37.8 Å². The highest BCUT2D eigenvalue weighted by Crippen LogP contribution is 2.33. The molecule has 1 aromatic rings. The Kier molecular flexibility index (Phi) is 4.64. The van der Waals surface area contributed by atoms with Crippen LogP contribution >= 0.6 is 15.9 Å². The highest BCUT2D eigenvalue weighted by molar-refractivity contribution is 9.09. The van der Waals surface area contributed by atoms with E-state index in [1.54, 1.807) is 0 Å². The first-order chi connectivity index (χ1) is 8.74. The lowest BCUT2D eigenvalue weighted by molar-refractivity contribution is 0.0105. The van der Waals surface area contributed by atoms with Crippen molar-refractivity contribution in [2.75, 3.05) is 10.6 Å². The predicted octanol–water partition coefficient (Wildman–Crippen LogP) is 4.33. The molecule has 1 aliphatic rings. The molecule has 1 aliphatic carbocycles. The molecule has 0 aromatic heterocycles. The Morgan fingerprint density at radius 1 is 1.22 bits per heavy atom. The lowest BCUT2D eigenvalue weighted by Gasteiger charge is -2.35. The Balaban J connectivity index is 1.93. The van der Waals surface area contributed by atoms with Crippen LogP contribution in [0, 0.1) is 0 Å². The second-order valence-electron chi connectivity index (χ2n) is 4.76. The van der Waals surface area contributed by atoms with E-state index in [2.05, 4.69) is 21.2 Å². The predicted molar refractivity (Wildman–Crippen MR) is 76.2 cm³/mol. The molecule has 0 unspecified atom stereocenters. The van der Waals surface area contributed by atoms with Crippen LogP contribution in [0.2, 0.25) is 0 Å². The van der Waals surface area contributed by atoms with Crippen molar-refractivity contribution in [1.29, 1.82) is 0 Å². The summed E-state index contributed by atoms with van der Waals surface area (Å²) in [7, 11) is 0. The molecular weight excluding hydrogens is 294 g/mol. The van der Waals surface area contributed by atoms with E-state index in [0.717, 1.165) is 31.4 Å². The van der Waals surface area contributed by atoms with Gasteiger partial charge in [0.25, 0.3) is 0 Å². The van der Waals surface area contributed by atoms with E-state index in [1.165, 1.54) is 6.42 Å². The second kappa shape index (κ2) is 6.23. The highest BCUT2D eigenvalue weighted by Gasteiger charge is 2.34. The van der Waals surface area contributed by atoms with Gasteiger partial charge in [-0.3, -0.25) is 5.32 Å². The van der Waals surface area contributed by atoms with Gasteiger partial charge in [0.15, 0.2) is 0 Å². The van der Waals surface area contributed by atoms with Crippen LogP contribution in [0.25, 0.3) is 0 Å². The average molecular weight is 312 g/mol. The number of amides is 1. The molecule has 0 saturated heterocycles. The van der Waals surface area contributed by atoms with E-state index in [0.29, 0.717) is 5.33 Å². The number of para-hydroxylation sites is 1. The molecule has 0 bridgehead atoms. The first kappa shape index (κ1) is 13.4. The molecule has 2 rings (SSSR count). The SMILES string of the molecule is O=C(Nc1ccccc1)OC1(CBr)CCCCC1. The molecule has 1 saturated carbocycles. The van der Waals surface area contributed by atoms with Crippen molar-refractivity contribution in [2.24, 2.45) is 0 Å². The Morgan fingerprint density at radius 2 is 1.89 bits per heavy atom. The van der Waals surface area contributed by atoms with E-state index in [9.17, 15) is 4.79 Å². The van der Waals surface area contributed by atoms with Gasteiger partial charge in [-0.25, -0.2) is 4.79 Å². The molecule has 0 spiro atoms. The highest BCUT2D eigenvalue weighted by atomic mass is 79.9. The smallest absolute Gasteiger partial charge is 0.412 e. The average Bonchev–Trinajstić information content (AvgIpc) is 2.41. The molecule has 0 atom stereocenters. The number of carbonyl (C=O) groups is 1. The fourth-order valence-corrected chi connectivity index (χ4v) is 3.00. The summed E-state index contributed by atoms with van der Waals surface area (Å²) in [6.45, 7) is 0. The van der Waals surface area contributed by atoms with Crippen molar-refractivity contribution in [3.63, 3.8) is 0 Å². The largest absolute Gasteiger partial charge is 0.442 e. The van der Waals surface area contributed by atoms with Crippen molar-refractivity contribution in [3.8, 4) is 0 Å². The van der Waals surface area contributed by atoms with Gasteiger partial charge in [0, 0.05) is 11.0 Å². The van der Waals surface area contributed by atoms with Crippen LogP contribution in [0.15, 0.2) is 30.3 Å². The van der Waals surface area contributed by atoms with Crippen LogP contribution in [0.4, 0.5) is 10.5 Å². The lowest BCUT2D eigenvalue weighted by Crippen LogP contribution is -2.40. The summed E-state index contributed by atoms with van der Waals surface area (Å²) in [4.78, 5) is 11.9. The summed E-state index contributed by atoms with van der Waals surface area (Å²) in [5, 5.41) is 3.48. The van der Waals surface area contributed by atoms with Crippen LogP contribution in [0.5, 0.6) is 0 Å². The zero-order chi connectivity index (χ0) is 12.8. The Morgan fingerprint density at radius 3 is 2.50 bits per heavy atom. The number of anilines is 1. The summed E-state index contributed by atoms with van der Waals surface area (Å²) in [6, 6.07) is 9.39. The van der Waals surface area contributed by atoms with E-state index < -0.39 is 0 Å². The van der Waals surface area contributed by atoms with Crippen molar-refractivity contribution >= 4 is 27.7 Å². The van der Waals surface area contributed by atoms with Crippen molar-refractivity contribution < 1.29 is 9.53 Å². The summed E-state index contributed by atoms with van der Waals surface area (Å²) in [5.41, 5.74) is 0.444. The van der Waals surface area contributed by atoms with Crippen LogP contribution in [-0.2, 0) is 4.74 Å². The maximum absolute atomic E-state index is 11.9. The first-order valence-electron chi connectivity index (χ1n) is 6.35. The number of nitrogens with one attached hydrogen (secondary N) is 1. The lowest BCUT2D eigenvalue weighted by atomic mass is 9.86. The normalized spacial score (nSPS) is 18.1. The molecule has 0 radical (unpaired) electrons.